The Bertz CT molecular complexity index is 1190. The first-order valence-electron chi connectivity index (χ1n) is 11.1. The number of esters is 1. The van der Waals surface area contributed by atoms with Gasteiger partial charge >= 0.3 is 12.1 Å². The zero-order chi connectivity index (χ0) is 25.8. The van der Waals surface area contributed by atoms with Crippen LogP contribution in [0.5, 0.6) is 0 Å². The lowest BCUT2D eigenvalue weighted by molar-refractivity contribution is -0.155. The molecule has 4 rings (SSSR count). The average molecular weight is 539 g/mol. The zero-order valence-electron chi connectivity index (χ0n) is 19.4. The molecule has 1 fully saturated rings. The Labute approximate surface area is 215 Å². The molecule has 2 N–H and O–H groups in total. The van der Waals surface area contributed by atoms with Gasteiger partial charge in [-0.15, -0.1) is 11.3 Å². The topological polar surface area (TPSA) is 123 Å². The Balaban J connectivity index is 1.83. The van der Waals surface area contributed by atoms with Crippen LogP contribution in [0.2, 0.25) is 5.02 Å². The predicted octanol–water partition coefficient (Wildman–Crippen LogP) is 3.59. The number of amidine groups is 1. The first-order valence-corrected chi connectivity index (χ1v) is 12.4. The van der Waals surface area contributed by atoms with Crippen LogP contribution in [0.1, 0.15) is 30.5 Å². The average Bonchev–Trinajstić information content (AvgIpc) is 3.38. The molecule has 2 aliphatic heterocycles. The van der Waals surface area contributed by atoms with Crippen LogP contribution < -0.4 is 5.32 Å². The summed E-state index contributed by atoms with van der Waals surface area (Å²) in [7, 11) is 0. The third kappa shape index (κ3) is 5.51. The molecular formula is C23H24ClFN4O6S. The quantitative estimate of drug-likeness (QED) is 0.509. The monoisotopic (exact) mass is 538 g/mol. The first kappa shape index (κ1) is 26.0. The van der Waals surface area contributed by atoms with Crippen LogP contribution in [-0.4, -0.2) is 71.6 Å². The van der Waals surface area contributed by atoms with Gasteiger partial charge in [0.15, 0.2) is 17.1 Å². The highest BCUT2D eigenvalue weighted by molar-refractivity contribution is 7.11. The molecule has 192 valence electrons. The molecule has 3 heterocycles. The maximum Gasteiger partial charge on any atom is 0.507 e. The number of carboxylic acid groups (broad SMARTS) is 1. The maximum absolute atomic E-state index is 14.4. The highest BCUT2D eigenvalue weighted by Crippen LogP contribution is 2.37. The van der Waals surface area contributed by atoms with E-state index in [2.05, 4.69) is 15.3 Å². The van der Waals surface area contributed by atoms with Crippen molar-refractivity contribution < 1.29 is 33.3 Å². The second-order valence-electron chi connectivity index (χ2n) is 7.92. The van der Waals surface area contributed by atoms with Crippen molar-refractivity contribution in [1.29, 1.82) is 0 Å². The van der Waals surface area contributed by atoms with E-state index in [9.17, 15) is 19.1 Å². The first-order chi connectivity index (χ1) is 17.3. The molecule has 2 aromatic rings. The molecule has 10 nitrogen and oxygen atoms in total. The second-order valence-corrected chi connectivity index (χ2v) is 9.19. The fraction of sp³-hybridized carbons (Fsp3) is 0.391. The van der Waals surface area contributed by atoms with E-state index in [0.29, 0.717) is 29.7 Å². The Morgan fingerprint density at radius 1 is 1.42 bits per heavy atom. The molecule has 0 spiro atoms. The summed E-state index contributed by atoms with van der Waals surface area (Å²) in [5.74, 6) is -0.958. The van der Waals surface area contributed by atoms with Gasteiger partial charge in [0.2, 0.25) is 0 Å². The lowest BCUT2D eigenvalue weighted by atomic mass is 9.95. The number of hydrogen-bond acceptors (Lipinski definition) is 10. The molecule has 3 atom stereocenters. The smallest absolute Gasteiger partial charge is 0.463 e. The van der Waals surface area contributed by atoms with Crippen molar-refractivity contribution in [3.8, 4) is 0 Å². The molecule has 0 aliphatic carbocycles. The zero-order valence-corrected chi connectivity index (χ0v) is 21.0. The molecule has 1 saturated heterocycles. The van der Waals surface area contributed by atoms with Crippen molar-refractivity contribution in [3.63, 3.8) is 0 Å². The molecule has 0 unspecified atom stereocenters. The molecular weight excluding hydrogens is 515 g/mol. The maximum atomic E-state index is 14.4. The van der Waals surface area contributed by atoms with Gasteiger partial charge in [-0.2, -0.15) is 0 Å². The van der Waals surface area contributed by atoms with Gasteiger partial charge < -0.3 is 24.6 Å². The number of aliphatic imine (C=N–C) groups is 1. The van der Waals surface area contributed by atoms with Crippen molar-refractivity contribution in [1.82, 2.24) is 15.2 Å². The van der Waals surface area contributed by atoms with Crippen molar-refractivity contribution in [3.05, 3.63) is 62.5 Å². The Hall–Kier alpha value is -3.06. The predicted molar refractivity (Wildman–Crippen MR) is 129 cm³/mol. The summed E-state index contributed by atoms with van der Waals surface area (Å²) >= 11 is 7.65. The van der Waals surface area contributed by atoms with Gasteiger partial charge in [0.1, 0.15) is 18.0 Å². The lowest BCUT2D eigenvalue weighted by Crippen LogP contribution is -2.54. The molecule has 0 radical (unpaired) electrons. The summed E-state index contributed by atoms with van der Waals surface area (Å²) in [5, 5.41) is 14.6. The van der Waals surface area contributed by atoms with Crippen LogP contribution in [0.15, 0.2) is 46.0 Å². The molecule has 2 aliphatic rings. The number of benzene rings is 1. The van der Waals surface area contributed by atoms with Gasteiger partial charge in [-0.1, -0.05) is 23.7 Å². The van der Waals surface area contributed by atoms with E-state index in [1.54, 1.807) is 36.4 Å². The Morgan fingerprint density at radius 3 is 2.92 bits per heavy atom. The van der Waals surface area contributed by atoms with E-state index < -0.39 is 36.3 Å². The fourth-order valence-electron chi connectivity index (χ4n) is 4.08. The molecule has 1 aromatic heterocycles. The van der Waals surface area contributed by atoms with E-state index in [1.807, 2.05) is 0 Å². The van der Waals surface area contributed by atoms with Crippen molar-refractivity contribution in [2.75, 3.05) is 26.3 Å². The van der Waals surface area contributed by atoms with Gasteiger partial charge in [-0.25, -0.2) is 19.0 Å². The minimum atomic E-state index is -1.45. The van der Waals surface area contributed by atoms with E-state index in [0.717, 1.165) is 0 Å². The van der Waals surface area contributed by atoms with Gasteiger partial charge in [0, 0.05) is 35.9 Å². The molecule has 0 saturated carbocycles. The van der Waals surface area contributed by atoms with Gasteiger partial charge in [0.05, 0.1) is 23.8 Å². The summed E-state index contributed by atoms with van der Waals surface area (Å²) in [5.41, 5.74) is 0.784. The Morgan fingerprint density at radius 2 is 2.22 bits per heavy atom. The number of halogens is 2. The molecule has 0 bridgehead atoms. The highest BCUT2D eigenvalue weighted by atomic mass is 35.5. The number of carbonyl (C=O) groups excluding carboxylic acids is 1. The largest absolute Gasteiger partial charge is 0.507 e. The molecule has 13 heteroatoms. The minimum Gasteiger partial charge on any atom is -0.463 e. The van der Waals surface area contributed by atoms with Crippen molar-refractivity contribution in [2.45, 2.75) is 32.2 Å². The van der Waals surface area contributed by atoms with Crippen LogP contribution in [0.4, 0.5) is 9.18 Å². The highest BCUT2D eigenvalue weighted by Gasteiger charge is 2.38. The van der Waals surface area contributed by atoms with Gasteiger partial charge in [-0.3, -0.25) is 9.89 Å². The Kier molecular flexibility index (Phi) is 8.19. The lowest BCUT2D eigenvalue weighted by Gasteiger charge is -2.39. The third-order valence-electron chi connectivity index (χ3n) is 5.64. The number of ether oxygens (including phenoxy) is 3. The number of aromatic nitrogens is 1. The number of nitrogens with one attached hydrogen (secondary N) is 1. The summed E-state index contributed by atoms with van der Waals surface area (Å²) in [6.07, 6.45) is -1.31. The van der Waals surface area contributed by atoms with Crippen molar-refractivity contribution in [2.24, 2.45) is 4.99 Å². The molecule has 0 amide bonds. The fourth-order valence-corrected chi connectivity index (χ4v) is 4.90. The standard InChI is InChI=1S/C23H24ClFN4O6S/c1-3-33-22(30)16-15(11-29-8-9-34-12(2)21(29)35-23(31)32)27-19(20-26-7-10-36-20)28-18(16)13-5-4-6-14(25)17(13)24/h4-7,10,12,18,21H,3,8-9,11H2,1-2H3,(H,27,28)(H,31,32)/t12-,18+,21+/m1/s1. The third-order valence-corrected chi connectivity index (χ3v) is 6.81. The number of thiazole rings is 1. The van der Waals surface area contributed by atoms with E-state index in [1.165, 1.54) is 23.5 Å². The van der Waals surface area contributed by atoms with E-state index >= 15 is 0 Å². The van der Waals surface area contributed by atoms with Crippen LogP contribution >= 0.6 is 22.9 Å². The van der Waals surface area contributed by atoms with E-state index in [4.69, 9.17) is 25.8 Å². The van der Waals surface area contributed by atoms with Gasteiger partial charge in [0.25, 0.3) is 0 Å². The summed E-state index contributed by atoms with van der Waals surface area (Å²) in [4.78, 5) is 35.3. The van der Waals surface area contributed by atoms with E-state index in [-0.39, 0.29) is 29.3 Å². The van der Waals surface area contributed by atoms with Crippen LogP contribution in [0.3, 0.4) is 0 Å². The summed E-state index contributed by atoms with van der Waals surface area (Å²) in [6, 6.07) is 3.30. The SMILES string of the molecule is CCOC(=O)C1=C(CN2CCO[C@H](C)[C@@H]2OC(=O)O)NC(c2nccs2)=N[C@H]1c1cccc(F)c1Cl. The van der Waals surface area contributed by atoms with Crippen LogP contribution in [0.25, 0.3) is 0 Å². The summed E-state index contributed by atoms with van der Waals surface area (Å²) in [6.45, 7) is 4.19. The van der Waals surface area contributed by atoms with Crippen molar-refractivity contribution >= 4 is 40.9 Å². The number of rotatable bonds is 7. The summed E-state index contributed by atoms with van der Waals surface area (Å²) < 4.78 is 30.4. The number of hydrogen-bond donors (Lipinski definition) is 2. The van der Waals surface area contributed by atoms with Crippen LogP contribution in [-0.2, 0) is 19.0 Å². The van der Waals surface area contributed by atoms with Gasteiger partial charge in [-0.05, 0) is 19.9 Å². The number of carbonyl (C=O) groups is 2. The van der Waals surface area contributed by atoms with Crippen LogP contribution in [0, 0.1) is 5.82 Å². The second kappa shape index (κ2) is 11.3. The molecule has 36 heavy (non-hydrogen) atoms. The number of nitrogens with zero attached hydrogens (tertiary/aromatic N) is 3. The minimum absolute atomic E-state index is 0.0631. The molecule has 1 aromatic carbocycles. The number of morpholine rings is 1. The normalized spacial score (nSPS) is 22.6.